The Hall–Kier alpha value is -1.20. The first kappa shape index (κ1) is 12.3. The van der Waals surface area contributed by atoms with Crippen LogP contribution in [0, 0.1) is 0 Å². The van der Waals surface area contributed by atoms with Crippen molar-refractivity contribution in [3.63, 3.8) is 0 Å². The summed E-state index contributed by atoms with van der Waals surface area (Å²) in [5.74, 6) is 0.586. The van der Waals surface area contributed by atoms with Crippen molar-refractivity contribution in [3.05, 3.63) is 29.8 Å². The van der Waals surface area contributed by atoms with Crippen molar-refractivity contribution in [1.82, 2.24) is 5.32 Å². The fourth-order valence-corrected chi connectivity index (χ4v) is 3.13. The number of hydrogen-bond acceptors (Lipinski definition) is 4. The fourth-order valence-electron chi connectivity index (χ4n) is 1.87. The van der Waals surface area contributed by atoms with E-state index in [2.05, 4.69) is 5.32 Å². The molecule has 1 fully saturated rings. The second-order valence-electron chi connectivity index (χ2n) is 4.11. The van der Waals surface area contributed by atoms with Crippen LogP contribution in [0.2, 0.25) is 0 Å². The molecule has 1 heterocycles. The van der Waals surface area contributed by atoms with Crippen molar-refractivity contribution in [3.8, 4) is 5.75 Å². The first-order valence-electron chi connectivity index (χ1n) is 5.34. The molecule has 1 aromatic carbocycles. The largest absolute Gasteiger partial charge is 0.497 e. The minimum Gasteiger partial charge on any atom is -0.497 e. The third-order valence-corrected chi connectivity index (χ3v) is 4.36. The quantitative estimate of drug-likeness (QED) is 0.858. The monoisotopic (exact) mass is 253 g/mol. The highest BCUT2D eigenvalue weighted by molar-refractivity contribution is 8.00. The molecule has 2 rings (SSSR count). The molecule has 0 aromatic heterocycles. The summed E-state index contributed by atoms with van der Waals surface area (Å²) < 4.78 is 5.10. The first-order valence-corrected chi connectivity index (χ1v) is 6.33. The normalized spacial score (nSPS) is 28.0. The first-order chi connectivity index (χ1) is 8.05. The summed E-state index contributed by atoms with van der Waals surface area (Å²) in [4.78, 5) is 10.6. The summed E-state index contributed by atoms with van der Waals surface area (Å²) >= 11 is 1.61. The summed E-state index contributed by atoms with van der Waals surface area (Å²) in [7, 11) is 1.62. The molecule has 0 amide bonds. The second-order valence-corrected chi connectivity index (χ2v) is 5.55. The number of thioether (sulfide) groups is 1. The van der Waals surface area contributed by atoms with Crippen LogP contribution in [0.4, 0.5) is 0 Å². The van der Waals surface area contributed by atoms with Crippen molar-refractivity contribution >= 4 is 17.7 Å². The Morgan fingerprint density at radius 2 is 2.18 bits per heavy atom. The number of methoxy groups -OCH3 is 1. The smallest absolute Gasteiger partial charge is 0.321 e. The number of carbonyl (C=O) groups is 1. The van der Waals surface area contributed by atoms with Gasteiger partial charge in [0.15, 0.2) is 0 Å². The summed E-state index contributed by atoms with van der Waals surface area (Å²) in [5, 5.41) is 12.1. The van der Waals surface area contributed by atoms with Gasteiger partial charge in [-0.2, -0.15) is 0 Å². The lowest BCUT2D eigenvalue weighted by Gasteiger charge is -2.24. The van der Waals surface area contributed by atoms with Crippen LogP contribution >= 0.6 is 11.8 Å². The molecule has 1 aliphatic heterocycles. The van der Waals surface area contributed by atoms with Crippen molar-refractivity contribution in [1.29, 1.82) is 0 Å². The number of aliphatic carboxylic acids is 1. The number of benzene rings is 1. The topological polar surface area (TPSA) is 58.6 Å². The minimum absolute atomic E-state index is 0.338. The van der Waals surface area contributed by atoms with E-state index in [9.17, 15) is 4.79 Å². The van der Waals surface area contributed by atoms with E-state index in [0.717, 1.165) is 11.3 Å². The van der Waals surface area contributed by atoms with E-state index >= 15 is 0 Å². The number of rotatable bonds is 3. The van der Waals surface area contributed by atoms with E-state index in [-0.39, 0.29) is 4.87 Å². The average Bonchev–Trinajstić information content (AvgIpc) is 2.74. The van der Waals surface area contributed by atoms with E-state index < -0.39 is 12.0 Å². The van der Waals surface area contributed by atoms with Crippen LogP contribution < -0.4 is 10.1 Å². The van der Waals surface area contributed by atoms with Crippen molar-refractivity contribution in [2.75, 3.05) is 12.9 Å². The van der Waals surface area contributed by atoms with E-state index in [1.54, 1.807) is 18.9 Å². The van der Waals surface area contributed by atoms with Gasteiger partial charge >= 0.3 is 5.97 Å². The van der Waals surface area contributed by atoms with E-state index in [1.165, 1.54) is 0 Å². The number of nitrogens with one attached hydrogen (secondary N) is 1. The molecule has 0 saturated carbocycles. The van der Waals surface area contributed by atoms with Crippen LogP contribution in [-0.4, -0.2) is 30.0 Å². The highest BCUT2D eigenvalue weighted by atomic mass is 32.2. The van der Waals surface area contributed by atoms with Crippen LogP contribution in [-0.2, 0) is 9.67 Å². The highest BCUT2D eigenvalue weighted by Gasteiger charge is 2.39. The average molecular weight is 253 g/mol. The molecule has 0 aliphatic carbocycles. The van der Waals surface area contributed by atoms with Crippen LogP contribution in [0.25, 0.3) is 0 Å². The van der Waals surface area contributed by atoms with Gasteiger partial charge in [-0.05, 0) is 24.6 Å². The molecule has 0 unspecified atom stereocenters. The Kier molecular flexibility index (Phi) is 3.31. The molecule has 17 heavy (non-hydrogen) atoms. The lowest BCUT2D eigenvalue weighted by molar-refractivity contribution is -0.138. The maximum Gasteiger partial charge on any atom is 0.321 e. The molecule has 1 saturated heterocycles. The van der Waals surface area contributed by atoms with Crippen molar-refractivity contribution in [2.45, 2.75) is 17.8 Å². The molecule has 1 aliphatic rings. The van der Waals surface area contributed by atoms with Crippen LogP contribution in [0.5, 0.6) is 5.75 Å². The van der Waals surface area contributed by atoms with Gasteiger partial charge in [0, 0.05) is 5.75 Å². The molecule has 1 aromatic rings. The molecule has 4 nitrogen and oxygen atoms in total. The summed E-state index contributed by atoms with van der Waals surface area (Å²) in [6, 6.07) is 7.21. The molecular formula is C12H15NO3S. The van der Waals surface area contributed by atoms with Gasteiger partial charge in [0.25, 0.3) is 0 Å². The molecule has 0 bridgehead atoms. The number of carboxylic acids is 1. The van der Waals surface area contributed by atoms with Gasteiger partial charge < -0.3 is 9.84 Å². The summed E-state index contributed by atoms with van der Waals surface area (Å²) in [6.45, 7) is 2.00. The van der Waals surface area contributed by atoms with E-state index in [0.29, 0.717) is 5.75 Å². The lowest BCUT2D eigenvalue weighted by atomic mass is 10.1. The summed E-state index contributed by atoms with van der Waals surface area (Å²) in [6.07, 6.45) is 0. The molecule has 0 radical (unpaired) electrons. The predicted molar refractivity (Wildman–Crippen MR) is 67.4 cm³/mol. The lowest BCUT2D eigenvalue weighted by Crippen LogP contribution is -2.41. The third-order valence-electron chi connectivity index (χ3n) is 2.93. The Balaban J connectivity index is 2.18. The molecule has 5 heteroatoms. The third kappa shape index (κ3) is 2.40. The Morgan fingerprint density at radius 1 is 1.53 bits per heavy atom. The predicted octanol–water partition coefficient (Wildman–Crippen LogP) is 1.66. The van der Waals surface area contributed by atoms with Gasteiger partial charge in [-0.1, -0.05) is 12.1 Å². The molecule has 0 spiro atoms. The summed E-state index contributed by atoms with van der Waals surface area (Å²) in [5.41, 5.74) is 1.06. The Morgan fingerprint density at radius 3 is 2.65 bits per heavy atom. The zero-order valence-electron chi connectivity index (χ0n) is 9.77. The molecular weight excluding hydrogens is 238 g/mol. The SMILES string of the molecule is COc1ccc([C@]2(C)N[C@H](C(=O)O)CS2)cc1. The zero-order valence-corrected chi connectivity index (χ0v) is 10.6. The van der Waals surface area contributed by atoms with E-state index in [4.69, 9.17) is 9.84 Å². The highest BCUT2D eigenvalue weighted by Crippen LogP contribution is 2.39. The maximum absolute atomic E-state index is 10.9. The Labute approximate surface area is 104 Å². The van der Waals surface area contributed by atoms with Crippen LogP contribution in [0.15, 0.2) is 24.3 Å². The fraction of sp³-hybridized carbons (Fsp3) is 0.417. The second kappa shape index (κ2) is 4.58. The minimum atomic E-state index is -0.797. The van der Waals surface area contributed by atoms with Crippen molar-refractivity contribution in [2.24, 2.45) is 0 Å². The van der Waals surface area contributed by atoms with Crippen LogP contribution in [0.1, 0.15) is 12.5 Å². The maximum atomic E-state index is 10.9. The number of carboxylic acid groups (broad SMARTS) is 1. The number of hydrogen-bond donors (Lipinski definition) is 2. The Bertz CT molecular complexity index is 420. The molecule has 2 atom stereocenters. The van der Waals surface area contributed by atoms with Gasteiger partial charge in [-0.3, -0.25) is 10.1 Å². The van der Waals surface area contributed by atoms with Gasteiger partial charge in [-0.25, -0.2) is 0 Å². The van der Waals surface area contributed by atoms with E-state index in [1.807, 2.05) is 31.2 Å². The molecule has 92 valence electrons. The molecule has 2 N–H and O–H groups in total. The van der Waals surface area contributed by atoms with Gasteiger partial charge in [-0.15, -0.1) is 11.8 Å². The standard InChI is InChI=1S/C12H15NO3S/c1-12(13-10(7-17-12)11(14)15)8-3-5-9(16-2)6-4-8/h3-6,10,13H,7H2,1-2H3,(H,14,15)/t10-,12+/m0/s1. The van der Waals surface area contributed by atoms with Crippen molar-refractivity contribution < 1.29 is 14.6 Å². The van der Waals surface area contributed by atoms with Gasteiger partial charge in [0.05, 0.1) is 12.0 Å². The van der Waals surface area contributed by atoms with Gasteiger partial charge in [0.2, 0.25) is 0 Å². The number of ether oxygens (including phenoxy) is 1. The zero-order chi connectivity index (χ0) is 12.5. The van der Waals surface area contributed by atoms with Gasteiger partial charge in [0.1, 0.15) is 11.8 Å². The van der Waals surface area contributed by atoms with Crippen LogP contribution in [0.3, 0.4) is 0 Å².